The van der Waals surface area contributed by atoms with Gasteiger partial charge in [0.2, 0.25) is 0 Å². The summed E-state index contributed by atoms with van der Waals surface area (Å²) in [5, 5.41) is 4.36. The minimum absolute atomic E-state index is 0.0848. The SMILES string of the molecule is COc1ccc(/C=N/NC(=O)c2ccc(NS(=O)(=O)c3ccc(Cl)cc3)cc2)cc1. The first-order valence-electron chi connectivity index (χ1n) is 8.73. The Hall–Kier alpha value is -3.36. The summed E-state index contributed by atoms with van der Waals surface area (Å²) in [5.41, 5.74) is 3.87. The average molecular weight is 444 g/mol. The molecule has 0 bridgehead atoms. The molecule has 9 heteroatoms. The van der Waals surface area contributed by atoms with Gasteiger partial charge in [0.25, 0.3) is 15.9 Å². The number of ether oxygens (including phenoxy) is 1. The molecule has 3 aromatic carbocycles. The summed E-state index contributed by atoms with van der Waals surface area (Å²) in [5.74, 6) is 0.301. The van der Waals surface area contributed by atoms with Gasteiger partial charge in [-0.15, -0.1) is 0 Å². The van der Waals surface area contributed by atoms with Crippen LogP contribution in [0.15, 0.2) is 82.8 Å². The highest BCUT2D eigenvalue weighted by Crippen LogP contribution is 2.18. The van der Waals surface area contributed by atoms with E-state index in [4.69, 9.17) is 16.3 Å². The van der Waals surface area contributed by atoms with Gasteiger partial charge >= 0.3 is 0 Å². The third-order valence-electron chi connectivity index (χ3n) is 4.02. The van der Waals surface area contributed by atoms with E-state index in [0.717, 1.165) is 11.3 Å². The summed E-state index contributed by atoms with van der Waals surface area (Å²) in [7, 11) is -2.17. The van der Waals surface area contributed by atoms with E-state index in [9.17, 15) is 13.2 Å². The largest absolute Gasteiger partial charge is 0.497 e. The molecule has 30 heavy (non-hydrogen) atoms. The van der Waals surface area contributed by atoms with Gasteiger partial charge in [-0.05, 0) is 78.4 Å². The molecule has 0 radical (unpaired) electrons. The lowest BCUT2D eigenvalue weighted by Crippen LogP contribution is -2.18. The number of rotatable bonds is 7. The van der Waals surface area contributed by atoms with Crippen LogP contribution in [-0.2, 0) is 10.0 Å². The molecule has 0 atom stereocenters. The number of benzene rings is 3. The second-order valence-corrected chi connectivity index (χ2v) is 8.23. The van der Waals surface area contributed by atoms with Crippen molar-refractivity contribution in [3.05, 3.63) is 88.9 Å². The van der Waals surface area contributed by atoms with Crippen molar-refractivity contribution in [2.24, 2.45) is 5.10 Å². The summed E-state index contributed by atoms with van der Waals surface area (Å²) in [6.07, 6.45) is 1.51. The number of hydrogen-bond acceptors (Lipinski definition) is 5. The lowest BCUT2D eigenvalue weighted by atomic mass is 10.2. The number of amides is 1. The van der Waals surface area contributed by atoms with E-state index in [2.05, 4.69) is 15.2 Å². The van der Waals surface area contributed by atoms with Crippen molar-refractivity contribution in [3.63, 3.8) is 0 Å². The lowest BCUT2D eigenvalue weighted by molar-refractivity contribution is 0.0955. The van der Waals surface area contributed by atoms with Gasteiger partial charge in [-0.3, -0.25) is 9.52 Å². The van der Waals surface area contributed by atoms with Gasteiger partial charge in [0, 0.05) is 16.3 Å². The van der Waals surface area contributed by atoms with Crippen LogP contribution < -0.4 is 14.9 Å². The first-order chi connectivity index (χ1) is 14.4. The molecule has 0 aliphatic heterocycles. The third kappa shape index (κ3) is 5.59. The monoisotopic (exact) mass is 443 g/mol. The van der Waals surface area contributed by atoms with Gasteiger partial charge < -0.3 is 4.74 Å². The number of halogens is 1. The van der Waals surface area contributed by atoms with Crippen LogP contribution in [0.3, 0.4) is 0 Å². The molecule has 0 spiro atoms. The Labute approximate surface area is 179 Å². The van der Waals surface area contributed by atoms with Crippen molar-refractivity contribution >= 4 is 39.4 Å². The molecule has 3 rings (SSSR count). The van der Waals surface area contributed by atoms with Gasteiger partial charge in [-0.2, -0.15) is 5.10 Å². The van der Waals surface area contributed by atoms with Crippen LogP contribution in [0, 0.1) is 0 Å². The highest BCUT2D eigenvalue weighted by atomic mass is 35.5. The quantitative estimate of drug-likeness (QED) is 0.427. The standard InChI is InChI=1S/C21H18ClN3O4S/c1-29-19-10-2-15(3-11-19)14-23-24-21(26)16-4-8-18(9-5-16)25-30(27,28)20-12-6-17(22)7-13-20/h2-14,25H,1H3,(H,24,26)/b23-14+. The highest BCUT2D eigenvalue weighted by Gasteiger charge is 2.14. The molecule has 0 heterocycles. The van der Waals surface area contributed by atoms with Gasteiger partial charge in [0.1, 0.15) is 5.75 Å². The molecule has 0 saturated carbocycles. The Bertz CT molecular complexity index is 1140. The van der Waals surface area contributed by atoms with Crippen molar-refractivity contribution in [2.75, 3.05) is 11.8 Å². The summed E-state index contributed by atoms with van der Waals surface area (Å²) in [6, 6.07) is 19.0. The van der Waals surface area contributed by atoms with Crippen molar-refractivity contribution in [1.29, 1.82) is 0 Å². The molecule has 0 unspecified atom stereocenters. The Morgan fingerprint density at radius 3 is 2.20 bits per heavy atom. The molecular formula is C21H18ClN3O4S. The van der Waals surface area contributed by atoms with Crippen LogP contribution in [-0.4, -0.2) is 27.6 Å². The fourth-order valence-electron chi connectivity index (χ4n) is 2.44. The molecule has 0 aromatic heterocycles. The zero-order chi connectivity index (χ0) is 21.6. The van der Waals surface area contributed by atoms with E-state index in [1.165, 1.54) is 54.7 Å². The molecule has 0 fully saturated rings. The van der Waals surface area contributed by atoms with Crippen molar-refractivity contribution in [1.82, 2.24) is 5.43 Å². The molecule has 154 valence electrons. The average Bonchev–Trinajstić information content (AvgIpc) is 2.74. The van der Waals surface area contributed by atoms with Crippen LogP contribution in [0.4, 0.5) is 5.69 Å². The Kier molecular flexibility index (Phi) is 6.71. The maximum Gasteiger partial charge on any atom is 0.271 e. The predicted octanol–water partition coefficient (Wildman–Crippen LogP) is 3.91. The van der Waals surface area contributed by atoms with Crippen molar-refractivity contribution < 1.29 is 17.9 Å². The second-order valence-electron chi connectivity index (χ2n) is 6.11. The van der Waals surface area contributed by atoms with Crippen LogP contribution in [0.5, 0.6) is 5.75 Å². The van der Waals surface area contributed by atoms with Crippen LogP contribution in [0.2, 0.25) is 5.02 Å². The van der Waals surface area contributed by atoms with Crippen LogP contribution in [0.1, 0.15) is 15.9 Å². The minimum atomic E-state index is -3.75. The van der Waals surface area contributed by atoms with Gasteiger partial charge in [-0.1, -0.05) is 11.6 Å². The van der Waals surface area contributed by atoms with Crippen LogP contribution >= 0.6 is 11.6 Å². The second kappa shape index (κ2) is 9.43. The first-order valence-corrected chi connectivity index (χ1v) is 10.6. The van der Waals surface area contributed by atoms with Gasteiger partial charge in [0.15, 0.2) is 0 Å². The number of sulfonamides is 1. The van der Waals surface area contributed by atoms with Crippen LogP contribution in [0.25, 0.3) is 0 Å². The summed E-state index contributed by atoms with van der Waals surface area (Å²) in [4.78, 5) is 12.3. The summed E-state index contributed by atoms with van der Waals surface area (Å²) >= 11 is 5.78. The fraction of sp³-hybridized carbons (Fsp3) is 0.0476. The number of nitrogens with one attached hydrogen (secondary N) is 2. The zero-order valence-corrected chi connectivity index (χ0v) is 17.4. The summed E-state index contributed by atoms with van der Waals surface area (Å²) < 4.78 is 32.3. The molecule has 3 aromatic rings. The van der Waals surface area contributed by atoms with E-state index in [-0.39, 0.29) is 4.90 Å². The van der Waals surface area contributed by atoms with E-state index in [1.807, 2.05) is 0 Å². The Morgan fingerprint density at radius 1 is 0.967 bits per heavy atom. The molecular weight excluding hydrogens is 426 g/mol. The predicted molar refractivity (Wildman–Crippen MR) is 117 cm³/mol. The number of hydrogen-bond donors (Lipinski definition) is 2. The smallest absolute Gasteiger partial charge is 0.271 e. The highest BCUT2D eigenvalue weighted by molar-refractivity contribution is 7.92. The number of methoxy groups -OCH3 is 1. The number of nitrogens with zero attached hydrogens (tertiary/aromatic N) is 1. The summed E-state index contributed by atoms with van der Waals surface area (Å²) in [6.45, 7) is 0. The minimum Gasteiger partial charge on any atom is -0.497 e. The maximum absolute atomic E-state index is 12.4. The molecule has 0 aliphatic rings. The first kappa shape index (κ1) is 21.4. The van der Waals surface area contributed by atoms with Crippen molar-refractivity contribution in [3.8, 4) is 5.75 Å². The number of carbonyl (C=O) groups excluding carboxylic acids is 1. The molecule has 1 amide bonds. The maximum atomic E-state index is 12.4. The van der Waals surface area contributed by atoms with E-state index in [1.54, 1.807) is 31.4 Å². The number of carbonyl (C=O) groups is 1. The van der Waals surface area contributed by atoms with E-state index in [0.29, 0.717) is 16.3 Å². The third-order valence-corrected chi connectivity index (χ3v) is 5.67. The molecule has 0 saturated heterocycles. The Morgan fingerprint density at radius 2 is 1.60 bits per heavy atom. The van der Waals surface area contributed by atoms with Gasteiger partial charge in [-0.25, -0.2) is 13.8 Å². The lowest BCUT2D eigenvalue weighted by Gasteiger charge is -2.08. The number of anilines is 1. The zero-order valence-electron chi connectivity index (χ0n) is 15.9. The van der Waals surface area contributed by atoms with E-state index < -0.39 is 15.9 Å². The molecule has 7 nitrogen and oxygen atoms in total. The normalized spacial score (nSPS) is 11.3. The molecule has 0 aliphatic carbocycles. The molecule has 2 N–H and O–H groups in total. The van der Waals surface area contributed by atoms with Gasteiger partial charge in [0.05, 0.1) is 18.2 Å². The fourth-order valence-corrected chi connectivity index (χ4v) is 3.62. The Balaban J connectivity index is 1.61. The van der Waals surface area contributed by atoms with Crippen molar-refractivity contribution in [2.45, 2.75) is 4.90 Å². The van der Waals surface area contributed by atoms with E-state index >= 15 is 0 Å². The topological polar surface area (TPSA) is 96.9 Å². The number of hydrazone groups is 1.